The zero-order valence-electron chi connectivity index (χ0n) is 16.2. The molecule has 2 rings (SSSR count). The molecule has 1 aliphatic carbocycles. The van der Waals surface area contributed by atoms with Crippen LogP contribution in [0.5, 0.6) is 0 Å². The predicted molar refractivity (Wildman–Crippen MR) is 110 cm³/mol. The molecular formula is C20H29BrO4Si. The van der Waals surface area contributed by atoms with Gasteiger partial charge in [-0.3, -0.25) is 0 Å². The Morgan fingerprint density at radius 3 is 2.46 bits per heavy atom. The molecule has 0 unspecified atom stereocenters. The smallest absolute Gasteiger partial charge is 0.330 e. The lowest BCUT2D eigenvalue weighted by atomic mass is 9.59. The van der Waals surface area contributed by atoms with Crippen LogP contribution in [0.3, 0.4) is 0 Å². The first-order chi connectivity index (χ1) is 12.2. The van der Waals surface area contributed by atoms with Crippen molar-refractivity contribution < 1.29 is 18.7 Å². The summed E-state index contributed by atoms with van der Waals surface area (Å²) in [5.41, 5.74) is 1.00. The second-order valence-corrected chi connectivity index (χ2v) is 13.6. The van der Waals surface area contributed by atoms with Gasteiger partial charge in [0.25, 0.3) is 0 Å². The van der Waals surface area contributed by atoms with Crippen LogP contribution in [0.4, 0.5) is 0 Å². The van der Waals surface area contributed by atoms with Gasteiger partial charge in [-0.05, 0) is 18.7 Å². The Morgan fingerprint density at radius 1 is 1.23 bits per heavy atom. The molecule has 1 saturated carbocycles. The summed E-state index contributed by atoms with van der Waals surface area (Å²) in [5.74, 6) is -0.328. The molecule has 3 atom stereocenters. The van der Waals surface area contributed by atoms with E-state index in [1.807, 2.05) is 24.3 Å². The highest BCUT2D eigenvalue weighted by Crippen LogP contribution is 2.51. The number of ether oxygens (including phenoxy) is 2. The van der Waals surface area contributed by atoms with E-state index in [-0.39, 0.29) is 29.5 Å². The van der Waals surface area contributed by atoms with Crippen LogP contribution in [0.15, 0.2) is 42.5 Å². The Morgan fingerprint density at radius 2 is 1.88 bits per heavy atom. The Bertz CT molecular complexity index is 630. The Hall–Kier alpha value is -0.953. The van der Waals surface area contributed by atoms with E-state index in [0.29, 0.717) is 6.61 Å². The number of esters is 1. The minimum atomic E-state index is -1.81. The molecule has 0 radical (unpaired) electrons. The van der Waals surface area contributed by atoms with Crippen LogP contribution < -0.4 is 0 Å². The molecule has 0 amide bonds. The zero-order chi connectivity index (χ0) is 19.4. The van der Waals surface area contributed by atoms with Crippen molar-refractivity contribution in [2.75, 3.05) is 12.1 Å². The van der Waals surface area contributed by atoms with Gasteiger partial charge < -0.3 is 13.9 Å². The lowest BCUT2D eigenvalue weighted by Gasteiger charge is -2.58. The number of methoxy groups -OCH3 is 1. The van der Waals surface area contributed by atoms with Crippen molar-refractivity contribution >= 4 is 30.2 Å². The average Bonchev–Trinajstić information content (AvgIpc) is 2.63. The maximum absolute atomic E-state index is 11.6. The van der Waals surface area contributed by atoms with Crippen molar-refractivity contribution in [3.8, 4) is 0 Å². The average molecular weight is 441 g/mol. The number of halogens is 1. The highest BCUT2D eigenvalue weighted by Gasteiger charge is 2.58. The lowest BCUT2D eigenvalue weighted by Crippen LogP contribution is -2.65. The molecule has 1 aromatic rings. The highest BCUT2D eigenvalue weighted by molar-refractivity contribution is 9.09. The minimum absolute atomic E-state index is 0.0170. The molecule has 144 valence electrons. The number of rotatable bonds is 8. The van der Waals surface area contributed by atoms with Gasteiger partial charge in [0.05, 0.1) is 25.9 Å². The molecule has 6 heteroatoms. The van der Waals surface area contributed by atoms with Crippen LogP contribution in [0.2, 0.25) is 13.1 Å². The summed E-state index contributed by atoms with van der Waals surface area (Å²) in [6.07, 6.45) is 3.37. The molecule has 26 heavy (non-hydrogen) atoms. The van der Waals surface area contributed by atoms with E-state index < -0.39 is 8.32 Å². The normalized spacial score (nSPS) is 25.1. The Balaban J connectivity index is 2.15. The molecule has 0 heterocycles. The van der Waals surface area contributed by atoms with Crippen LogP contribution in [-0.4, -0.2) is 38.6 Å². The largest absolute Gasteiger partial charge is 0.466 e. The van der Waals surface area contributed by atoms with Crippen LogP contribution in [0.1, 0.15) is 19.4 Å². The number of alkyl halides is 1. The second-order valence-electron chi connectivity index (χ2n) is 7.93. The van der Waals surface area contributed by atoms with Crippen molar-refractivity contribution in [3.63, 3.8) is 0 Å². The topological polar surface area (TPSA) is 44.8 Å². The van der Waals surface area contributed by atoms with Crippen LogP contribution in [0, 0.1) is 11.3 Å². The molecule has 0 saturated heterocycles. The summed E-state index contributed by atoms with van der Waals surface area (Å²) in [6.45, 7) is 9.28. The van der Waals surface area contributed by atoms with E-state index in [1.54, 1.807) is 0 Å². The van der Waals surface area contributed by atoms with Gasteiger partial charge in [0.15, 0.2) is 8.32 Å². The summed E-state index contributed by atoms with van der Waals surface area (Å²) in [6, 6.07) is 10.1. The van der Waals surface area contributed by atoms with Gasteiger partial charge in [-0.15, -0.1) is 0 Å². The molecule has 4 nitrogen and oxygen atoms in total. The van der Waals surface area contributed by atoms with E-state index in [0.717, 1.165) is 10.5 Å². The minimum Gasteiger partial charge on any atom is -0.466 e. The number of hydrogen-bond acceptors (Lipinski definition) is 4. The SMILES string of the molecule is COC(=O)/C=C/[C@H]1[C@H](OCc2ccccc2)C(C)(C)[C@H]1O[Si](C)(C)CBr. The maximum atomic E-state index is 11.6. The molecule has 0 spiro atoms. The summed E-state index contributed by atoms with van der Waals surface area (Å²) in [7, 11) is -0.426. The fraction of sp³-hybridized carbons (Fsp3) is 0.550. The molecule has 0 bridgehead atoms. The first kappa shape index (κ1) is 21.3. The Labute approximate surface area is 166 Å². The molecular weight excluding hydrogens is 412 g/mol. The third kappa shape index (κ3) is 5.06. The van der Waals surface area contributed by atoms with Crippen molar-refractivity contribution in [2.24, 2.45) is 11.3 Å². The lowest BCUT2D eigenvalue weighted by molar-refractivity contribution is -0.205. The van der Waals surface area contributed by atoms with Gasteiger partial charge in [-0.25, -0.2) is 4.79 Å². The van der Waals surface area contributed by atoms with Crippen LogP contribution >= 0.6 is 15.9 Å². The van der Waals surface area contributed by atoms with Gasteiger partial charge >= 0.3 is 5.97 Å². The van der Waals surface area contributed by atoms with E-state index in [2.05, 4.69) is 55.0 Å². The van der Waals surface area contributed by atoms with Crippen molar-refractivity contribution in [2.45, 2.75) is 45.8 Å². The third-order valence-electron chi connectivity index (χ3n) is 4.86. The molecule has 1 aromatic carbocycles. The molecule has 1 aliphatic rings. The van der Waals surface area contributed by atoms with E-state index in [4.69, 9.17) is 13.9 Å². The number of hydrogen-bond donors (Lipinski definition) is 0. The summed E-state index contributed by atoms with van der Waals surface area (Å²) >= 11 is 3.57. The first-order valence-electron chi connectivity index (χ1n) is 8.87. The maximum Gasteiger partial charge on any atom is 0.330 e. The highest BCUT2D eigenvalue weighted by atomic mass is 79.9. The quantitative estimate of drug-likeness (QED) is 0.258. The van der Waals surface area contributed by atoms with Gasteiger partial charge in [0.2, 0.25) is 0 Å². The molecule has 0 aromatic heterocycles. The molecule has 1 fully saturated rings. The molecule has 0 N–H and O–H groups in total. The fourth-order valence-electron chi connectivity index (χ4n) is 3.35. The Kier molecular flexibility index (Phi) is 7.24. The van der Waals surface area contributed by atoms with Crippen molar-refractivity contribution in [3.05, 3.63) is 48.0 Å². The third-order valence-corrected chi connectivity index (χ3v) is 10.4. The van der Waals surface area contributed by atoms with Gasteiger partial charge in [-0.1, -0.05) is 66.2 Å². The van der Waals surface area contributed by atoms with Gasteiger partial charge in [0.1, 0.15) is 0 Å². The second kappa shape index (κ2) is 8.82. The standard InChI is InChI=1S/C20H29BrO4Si/c1-20(2)18(24-13-15-9-7-6-8-10-15)16(11-12-17(22)23-3)19(20)25-26(4,5)14-21/h6-12,16,18-19H,13-14H2,1-5H3/b12-11+/t16-,18-,19-/m0/s1. The number of carbonyl (C=O) groups is 1. The van der Waals surface area contributed by atoms with Crippen molar-refractivity contribution in [1.29, 1.82) is 0 Å². The predicted octanol–water partition coefficient (Wildman–Crippen LogP) is 4.48. The monoisotopic (exact) mass is 440 g/mol. The van der Waals surface area contributed by atoms with Crippen LogP contribution in [-0.2, 0) is 25.3 Å². The van der Waals surface area contributed by atoms with Gasteiger partial charge in [0, 0.05) is 22.4 Å². The zero-order valence-corrected chi connectivity index (χ0v) is 18.8. The van der Waals surface area contributed by atoms with E-state index >= 15 is 0 Å². The van der Waals surface area contributed by atoms with Crippen LogP contribution in [0.25, 0.3) is 0 Å². The van der Waals surface area contributed by atoms with Crippen molar-refractivity contribution in [1.82, 2.24) is 0 Å². The van der Waals surface area contributed by atoms with E-state index in [9.17, 15) is 4.79 Å². The fourth-order valence-corrected chi connectivity index (χ4v) is 4.95. The summed E-state index contributed by atoms with van der Waals surface area (Å²) in [4.78, 5) is 12.4. The van der Waals surface area contributed by atoms with Gasteiger partial charge in [-0.2, -0.15) is 0 Å². The number of benzene rings is 1. The van der Waals surface area contributed by atoms with E-state index in [1.165, 1.54) is 13.2 Å². The summed E-state index contributed by atoms with van der Waals surface area (Å²) < 4.78 is 17.5. The summed E-state index contributed by atoms with van der Waals surface area (Å²) in [5, 5.41) is 0. The first-order valence-corrected chi connectivity index (χ1v) is 13.1. The number of carbonyl (C=O) groups excluding carboxylic acids is 1. The molecule has 0 aliphatic heterocycles.